The Morgan fingerprint density at radius 3 is 2.81 bits per heavy atom. The van der Waals surface area contributed by atoms with Gasteiger partial charge in [0.25, 0.3) is 0 Å². The van der Waals surface area contributed by atoms with E-state index in [0.717, 1.165) is 6.42 Å². The van der Waals surface area contributed by atoms with E-state index < -0.39 is 0 Å². The maximum atomic E-state index is 5.80. The number of nitrogens with zero attached hydrogens (tertiary/aromatic N) is 2. The monoisotopic (exact) mass is 288 g/mol. The SMILES string of the molecule is CCCOc1cc(NCCOc2ccccc2N)ncn1. The molecule has 0 aliphatic rings. The first kappa shape index (κ1) is 14.9. The van der Waals surface area contributed by atoms with Crippen molar-refractivity contribution < 1.29 is 9.47 Å². The molecule has 0 unspecified atom stereocenters. The Morgan fingerprint density at radius 2 is 2.00 bits per heavy atom. The molecule has 0 aliphatic heterocycles. The molecule has 0 radical (unpaired) electrons. The third kappa shape index (κ3) is 4.83. The number of nitrogens with one attached hydrogen (secondary N) is 1. The molecule has 0 saturated carbocycles. The molecule has 6 heteroatoms. The van der Waals surface area contributed by atoms with E-state index in [-0.39, 0.29) is 0 Å². The van der Waals surface area contributed by atoms with Crippen LogP contribution in [-0.2, 0) is 0 Å². The number of ether oxygens (including phenoxy) is 2. The van der Waals surface area contributed by atoms with E-state index >= 15 is 0 Å². The highest BCUT2D eigenvalue weighted by Gasteiger charge is 2.00. The number of nitrogens with two attached hydrogens (primary N) is 1. The maximum absolute atomic E-state index is 5.80. The van der Waals surface area contributed by atoms with E-state index in [4.69, 9.17) is 15.2 Å². The summed E-state index contributed by atoms with van der Waals surface area (Å²) >= 11 is 0. The summed E-state index contributed by atoms with van der Waals surface area (Å²) in [5.41, 5.74) is 6.43. The molecular formula is C15H20N4O2. The zero-order valence-electron chi connectivity index (χ0n) is 12.1. The first-order chi connectivity index (χ1) is 10.3. The highest BCUT2D eigenvalue weighted by atomic mass is 16.5. The van der Waals surface area contributed by atoms with Gasteiger partial charge in [-0.3, -0.25) is 0 Å². The molecule has 1 aromatic heterocycles. The van der Waals surface area contributed by atoms with Gasteiger partial charge in [0.1, 0.15) is 24.5 Å². The lowest BCUT2D eigenvalue weighted by atomic mass is 10.3. The molecule has 0 amide bonds. The second-order valence-electron chi connectivity index (χ2n) is 4.40. The lowest BCUT2D eigenvalue weighted by molar-refractivity contribution is 0.304. The van der Waals surface area contributed by atoms with Gasteiger partial charge < -0.3 is 20.5 Å². The quantitative estimate of drug-likeness (QED) is 0.573. The van der Waals surface area contributed by atoms with E-state index in [1.165, 1.54) is 6.33 Å². The second kappa shape index (κ2) is 7.94. The van der Waals surface area contributed by atoms with Crippen molar-refractivity contribution in [2.45, 2.75) is 13.3 Å². The van der Waals surface area contributed by atoms with Gasteiger partial charge in [0.05, 0.1) is 18.8 Å². The van der Waals surface area contributed by atoms with Crippen molar-refractivity contribution in [3.05, 3.63) is 36.7 Å². The highest BCUT2D eigenvalue weighted by molar-refractivity contribution is 5.51. The molecule has 0 atom stereocenters. The molecule has 6 nitrogen and oxygen atoms in total. The summed E-state index contributed by atoms with van der Waals surface area (Å²) < 4.78 is 11.0. The second-order valence-corrected chi connectivity index (χ2v) is 4.40. The van der Waals surface area contributed by atoms with Crippen LogP contribution >= 0.6 is 0 Å². The molecule has 0 fully saturated rings. The van der Waals surface area contributed by atoms with Crippen LogP contribution in [0.4, 0.5) is 11.5 Å². The molecule has 0 aliphatic carbocycles. The zero-order chi connectivity index (χ0) is 14.9. The largest absolute Gasteiger partial charge is 0.490 e. The minimum Gasteiger partial charge on any atom is -0.490 e. The fraction of sp³-hybridized carbons (Fsp3) is 0.333. The summed E-state index contributed by atoms with van der Waals surface area (Å²) in [7, 11) is 0. The van der Waals surface area contributed by atoms with E-state index in [2.05, 4.69) is 15.3 Å². The van der Waals surface area contributed by atoms with Crippen LogP contribution in [0.2, 0.25) is 0 Å². The van der Waals surface area contributed by atoms with Crippen molar-refractivity contribution in [3.63, 3.8) is 0 Å². The molecule has 3 N–H and O–H groups in total. The topological polar surface area (TPSA) is 82.3 Å². The lowest BCUT2D eigenvalue weighted by Gasteiger charge is -2.10. The van der Waals surface area contributed by atoms with Crippen molar-refractivity contribution >= 4 is 11.5 Å². The Morgan fingerprint density at radius 1 is 1.14 bits per heavy atom. The number of rotatable bonds is 8. The fourth-order valence-electron chi connectivity index (χ4n) is 1.67. The minimum atomic E-state index is 0.489. The molecular weight excluding hydrogens is 268 g/mol. The molecule has 2 aromatic rings. The van der Waals surface area contributed by atoms with Crippen molar-refractivity contribution in [2.24, 2.45) is 0 Å². The summed E-state index contributed by atoms with van der Waals surface area (Å²) in [5, 5.41) is 3.15. The smallest absolute Gasteiger partial charge is 0.218 e. The molecule has 21 heavy (non-hydrogen) atoms. The number of nitrogen functional groups attached to an aromatic ring is 1. The molecule has 2 rings (SSSR count). The van der Waals surface area contributed by atoms with Crippen molar-refractivity contribution in [2.75, 3.05) is 30.8 Å². The van der Waals surface area contributed by atoms with E-state index in [1.807, 2.05) is 31.2 Å². The summed E-state index contributed by atoms with van der Waals surface area (Å²) in [6, 6.07) is 9.19. The normalized spacial score (nSPS) is 10.1. The summed E-state index contributed by atoms with van der Waals surface area (Å²) in [4.78, 5) is 8.17. The van der Waals surface area contributed by atoms with Crippen LogP contribution in [-0.4, -0.2) is 29.7 Å². The highest BCUT2D eigenvalue weighted by Crippen LogP contribution is 2.19. The standard InChI is InChI=1S/C15H20N4O2/c1-2-8-21-15-10-14(18-11-19-15)17-7-9-20-13-6-4-3-5-12(13)16/h3-6,10-11H,2,7-9,16H2,1H3,(H,17,18,19). The number of anilines is 2. The number of aromatic nitrogens is 2. The van der Waals surface area contributed by atoms with Gasteiger partial charge in [-0.2, -0.15) is 0 Å². The van der Waals surface area contributed by atoms with Crippen LogP contribution in [0, 0.1) is 0 Å². The summed E-state index contributed by atoms with van der Waals surface area (Å²) in [5.74, 6) is 1.97. The Kier molecular flexibility index (Phi) is 5.63. The third-order valence-corrected chi connectivity index (χ3v) is 2.68. The maximum Gasteiger partial charge on any atom is 0.218 e. The minimum absolute atomic E-state index is 0.489. The van der Waals surface area contributed by atoms with Gasteiger partial charge in [-0.05, 0) is 18.6 Å². The predicted octanol–water partition coefficient (Wildman–Crippen LogP) is 2.34. The summed E-state index contributed by atoms with van der Waals surface area (Å²) in [6.45, 7) is 3.79. The Bertz CT molecular complexity index is 563. The van der Waals surface area contributed by atoms with Crippen molar-refractivity contribution in [3.8, 4) is 11.6 Å². The molecule has 1 aromatic carbocycles. The van der Waals surface area contributed by atoms with Gasteiger partial charge in [-0.15, -0.1) is 0 Å². The summed E-state index contributed by atoms with van der Waals surface area (Å²) in [6.07, 6.45) is 2.42. The number of hydrogen-bond donors (Lipinski definition) is 2. The zero-order valence-corrected chi connectivity index (χ0v) is 12.1. The fourth-order valence-corrected chi connectivity index (χ4v) is 1.67. The molecule has 0 spiro atoms. The van der Waals surface area contributed by atoms with Gasteiger partial charge in [0.15, 0.2) is 0 Å². The number of hydrogen-bond acceptors (Lipinski definition) is 6. The third-order valence-electron chi connectivity index (χ3n) is 2.68. The van der Waals surface area contributed by atoms with Crippen molar-refractivity contribution in [1.29, 1.82) is 0 Å². The molecule has 1 heterocycles. The number of para-hydroxylation sites is 2. The van der Waals surface area contributed by atoms with Gasteiger partial charge in [-0.1, -0.05) is 19.1 Å². The molecule has 0 bridgehead atoms. The van der Waals surface area contributed by atoms with Crippen LogP contribution < -0.4 is 20.5 Å². The van der Waals surface area contributed by atoms with E-state index in [9.17, 15) is 0 Å². The molecule has 0 saturated heterocycles. The Hall–Kier alpha value is -2.50. The Balaban J connectivity index is 1.77. The average molecular weight is 288 g/mol. The van der Waals surface area contributed by atoms with Gasteiger partial charge in [0.2, 0.25) is 5.88 Å². The van der Waals surface area contributed by atoms with Crippen LogP contribution in [0.3, 0.4) is 0 Å². The van der Waals surface area contributed by atoms with E-state index in [1.54, 1.807) is 6.07 Å². The first-order valence-corrected chi connectivity index (χ1v) is 6.95. The molecule has 112 valence electrons. The van der Waals surface area contributed by atoms with Gasteiger partial charge >= 0.3 is 0 Å². The van der Waals surface area contributed by atoms with Crippen LogP contribution in [0.1, 0.15) is 13.3 Å². The van der Waals surface area contributed by atoms with Crippen LogP contribution in [0.5, 0.6) is 11.6 Å². The average Bonchev–Trinajstić information content (AvgIpc) is 2.51. The number of benzene rings is 1. The van der Waals surface area contributed by atoms with Gasteiger partial charge in [0, 0.05) is 6.07 Å². The van der Waals surface area contributed by atoms with E-state index in [0.29, 0.717) is 42.9 Å². The predicted molar refractivity (Wildman–Crippen MR) is 82.7 cm³/mol. The lowest BCUT2D eigenvalue weighted by Crippen LogP contribution is -2.13. The van der Waals surface area contributed by atoms with Crippen molar-refractivity contribution in [1.82, 2.24) is 9.97 Å². The first-order valence-electron chi connectivity index (χ1n) is 6.95. The van der Waals surface area contributed by atoms with Gasteiger partial charge in [-0.25, -0.2) is 9.97 Å². The Labute approximate surface area is 124 Å². The van der Waals surface area contributed by atoms with Crippen LogP contribution in [0.15, 0.2) is 36.7 Å². The van der Waals surface area contributed by atoms with Crippen LogP contribution in [0.25, 0.3) is 0 Å².